The number of aromatic nitrogens is 2. The third-order valence-corrected chi connectivity index (χ3v) is 8.24. The molecular formula is C27H21N3O5. The number of esters is 1. The first-order valence-corrected chi connectivity index (χ1v) is 11.7. The van der Waals surface area contributed by atoms with Gasteiger partial charge in [0.1, 0.15) is 12.1 Å². The molecular weight excluding hydrogens is 446 g/mol. The lowest BCUT2D eigenvalue weighted by molar-refractivity contribution is -0.161. The van der Waals surface area contributed by atoms with Gasteiger partial charge in [0.15, 0.2) is 12.0 Å². The van der Waals surface area contributed by atoms with Crippen molar-refractivity contribution in [3.63, 3.8) is 0 Å². The number of benzene rings is 3. The Morgan fingerprint density at radius 1 is 1.09 bits per heavy atom. The van der Waals surface area contributed by atoms with Crippen LogP contribution in [0.1, 0.15) is 41.7 Å². The van der Waals surface area contributed by atoms with Crippen molar-refractivity contribution in [3.05, 3.63) is 59.7 Å². The number of nitrogens with one attached hydrogen (secondary N) is 1. The zero-order valence-corrected chi connectivity index (χ0v) is 19.0. The fourth-order valence-corrected chi connectivity index (χ4v) is 6.93. The normalized spacial score (nSPS) is 26.7. The number of aliphatic hydroxyl groups excluding tert-OH is 1. The quantitative estimate of drug-likeness (QED) is 0.363. The first-order chi connectivity index (χ1) is 17.0. The number of rotatable bonds is 1. The topological polar surface area (TPSA) is 94.7 Å². The number of para-hydroxylation sites is 2. The van der Waals surface area contributed by atoms with Crippen molar-refractivity contribution < 1.29 is 24.2 Å². The van der Waals surface area contributed by atoms with Crippen LogP contribution >= 0.6 is 0 Å². The molecule has 1 saturated heterocycles. The maximum atomic E-state index is 13.3. The third kappa shape index (κ3) is 2.00. The third-order valence-electron chi connectivity index (χ3n) is 8.24. The second kappa shape index (κ2) is 6.02. The van der Waals surface area contributed by atoms with E-state index in [4.69, 9.17) is 9.47 Å². The van der Waals surface area contributed by atoms with Crippen molar-refractivity contribution in [1.82, 2.24) is 14.5 Å². The number of hydrogen-bond donors (Lipinski definition) is 2. The van der Waals surface area contributed by atoms with E-state index in [0.29, 0.717) is 17.5 Å². The molecule has 4 unspecified atom stereocenters. The molecule has 0 radical (unpaired) electrons. The molecule has 5 heterocycles. The number of nitrogens with zero attached hydrogens (tertiary/aromatic N) is 2. The summed E-state index contributed by atoms with van der Waals surface area (Å²) in [5.74, 6) is -1.16. The minimum absolute atomic E-state index is 0.289. The van der Waals surface area contributed by atoms with Gasteiger partial charge in [0.2, 0.25) is 0 Å². The van der Waals surface area contributed by atoms with Crippen LogP contribution in [0.4, 0.5) is 0 Å². The molecule has 2 bridgehead atoms. The molecule has 3 aromatic carbocycles. The van der Waals surface area contributed by atoms with Gasteiger partial charge >= 0.3 is 5.97 Å². The Hall–Kier alpha value is -3.88. The molecule has 8 nitrogen and oxygen atoms in total. The average molecular weight is 467 g/mol. The molecule has 2 aromatic heterocycles. The van der Waals surface area contributed by atoms with E-state index in [1.54, 1.807) is 0 Å². The first kappa shape index (κ1) is 19.4. The highest BCUT2D eigenvalue weighted by Gasteiger charge is 2.55. The van der Waals surface area contributed by atoms with Crippen LogP contribution in [0.2, 0.25) is 0 Å². The number of methoxy groups -OCH3 is 1. The molecule has 0 saturated carbocycles. The van der Waals surface area contributed by atoms with Gasteiger partial charge in [-0.2, -0.15) is 0 Å². The van der Waals surface area contributed by atoms with Gasteiger partial charge in [-0.25, -0.2) is 0 Å². The second-order valence-electron chi connectivity index (χ2n) is 9.79. The lowest BCUT2D eigenvalue weighted by Gasteiger charge is -2.32. The molecule has 5 aromatic rings. The van der Waals surface area contributed by atoms with E-state index >= 15 is 0 Å². The molecule has 3 aliphatic heterocycles. The van der Waals surface area contributed by atoms with E-state index in [0.717, 1.165) is 43.6 Å². The van der Waals surface area contributed by atoms with Crippen molar-refractivity contribution >= 4 is 55.5 Å². The van der Waals surface area contributed by atoms with Crippen molar-refractivity contribution in [2.24, 2.45) is 5.92 Å². The Labute approximate surface area is 198 Å². The van der Waals surface area contributed by atoms with Crippen LogP contribution in [0.25, 0.3) is 43.6 Å². The highest BCUT2D eigenvalue weighted by molar-refractivity contribution is 6.31. The minimum Gasteiger partial charge on any atom is -0.469 e. The van der Waals surface area contributed by atoms with E-state index in [1.807, 2.05) is 55.5 Å². The van der Waals surface area contributed by atoms with Crippen LogP contribution in [0, 0.1) is 5.92 Å². The van der Waals surface area contributed by atoms with E-state index in [9.17, 15) is 14.7 Å². The fraction of sp³-hybridized carbons (Fsp3) is 0.259. The van der Waals surface area contributed by atoms with Crippen molar-refractivity contribution in [2.45, 2.75) is 31.5 Å². The van der Waals surface area contributed by atoms with Gasteiger partial charge in [-0.3, -0.25) is 9.59 Å². The number of fused-ring (bicyclic) bond motifs is 13. The SMILES string of the molecule is COC(=O)C1CC2OC1(C)n1c3ccccc3c3c4c(c5c6ccccc6n2c5c31)C(=O)NC4O. The lowest BCUT2D eigenvalue weighted by atomic mass is 9.93. The van der Waals surface area contributed by atoms with E-state index in [-0.39, 0.29) is 11.9 Å². The molecule has 174 valence electrons. The van der Waals surface area contributed by atoms with Crippen LogP contribution < -0.4 is 5.32 Å². The fourth-order valence-electron chi connectivity index (χ4n) is 6.93. The van der Waals surface area contributed by atoms with Crippen LogP contribution in [-0.2, 0) is 20.0 Å². The predicted octanol–water partition coefficient (Wildman–Crippen LogP) is 4.03. The zero-order valence-electron chi connectivity index (χ0n) is 19.0. The van der Waals surface area contributed by atoms with Gasteiger partial charge in [0.05, 0.1) is 34.7 Å². The van der Waals surface area contributed by atoms with Gasteiger partial charge < -0.3 is 29.0 Å². The number of carbonyl (C=O) groups is 2. The number of carbonyl (C=O) groups excluding carboxylic acids is 2. The Morgan fingerprint density at radius 2 is 1.77 bits per heavy atom. The Balaban J connectivity index is 1.73. The summed E-state index contributed by atoms with van der Waals surface area (Å²) in [6.45, 7) is 1.94. The standard InChI is InChI=1S/C27H21N3O5/c1-27-14(26(33)34-2)11-17(35-27)29-15-9-5-3-7-12(15)18-20-21(25(32)28-24(20)31)19-13-8-4-6-10-16(13)30(27)23(19)22(18)29/h3-10,14,17,25,32H,11H2,1-2H3,(H,28,31). The predicted molar refractivity (Wildman–Crippen MR) is 129 cm³/mol. The molecule has 2 N–H and O–H groups in total. The lowest BCUT2D eigenvalue weighted by Crippen LogP contribution is -2.40. The summed E-state index contributed by atoms with van der Waals surface area (Å²) in [5, 5.41) is 17.2. The Kier molecular flexibility index (Phi) is 3.34. The molecule has 4 atom stereocenters. The molecule has 0 aliphatic carbocycles. The zero-order chi connectivity index (χ0) is 23.8. The van der Waals surface area contributed by atoms with Gasteiger partial charge in [-0.1, -0.05) is 36.4 Å². The summed E-state index contributed by atoms with van der Waals surface area (Å²) in [4.78, 5) is 26.3. The number of hydrogen-bond acceptors (Lipinski definition) is 5. The highest BCUT2D eigenvalue weighted by Crippen LogP contribution is 2.56. The Bertz CT molecular complexity index is 1810. The Morgan fingerprint density at radius 3 is 2.51 bits per heavy atom. The van der Waals surface area contributed by atoms with Crippen molar-refractivity contribution in [3.8, 4) is 0 Å². The van der Waals surface area contributed by atoms with Gasteiger partial charge in [-0.15, -0.1) is 0 Å². The number of ether oxygens (including phenoxy) is 2. The smallest absolute Gasteiger partial charge is 0.313 e. The molecule has 35 heavy (non-hydrogen) atoms. The minimum atomic E-state index is -1.13. The molecule has 8 rings (SSSR count). The van der Waals surface area contributed by atoms with Gasteiger partial charge in [0, 0.05) is 33.5 Å². The molecule has 8 heteroatoms. The number of aliphatic hydroxyl groups is 1. The summed E-state index contributed by atoms with van der Waals surface area (Å²) in [6, 6.07) is 15.8. The highest BCUT2D eigenvalue weighted by atomic mass is 16.6. The molecule has 3 aliphatic rings. The summed E-state index contributed by atoms with van der Waals surface area (Å²) >= 11 is 0. The van der Waals surface area contributed by atoms with Crippen molar-refractivity contribution in [1.29, 1.82) is 0 Å². The summed E-state index contributed by atoms with van der Waals surface area (Å²) < 4.78 is 16.3. The largest absolute Gasteiger partial charge is 0.469 e. The van der Waals surface area contributed by atoms with E-state index in [2.05, 4.69) is 14.5 Å². The maximum Gasteiger partial charge on any atom is 0.313 e. The van der Waals surface area contributed by atoms with Gasteiger partial charge in [0.25, 0.3) is 5.91 Å². The van der Waals surface area contributed by atoms with E-state index < -0.39 is 24.1 Å². The maximum absolute atomic E-state index is 13.3. The molecule has 1 amide bonds. The summed E-state index contributed by atoms with van der Waals surface area (Å²) in [6.07, 6.45) is -1.12. The van der Waals surface area contributed by atoms with Crippen molar-refractivity contribution in [2.75, 3.05) is 7.11 Å². The molecule has 1 fully saturated rings. The van der Waals surface area contributed by atoms with E-state index in [1.165, 1.54) is 7.11 Å². The van der Waals surface area contributed by atoms with Crippen LogP contribution in [0.15, 0.2) is 48.5 Å². The summed E-state index contributed by atoms with van der Waals surface area (Å²) in [7, 11) is 1.41. The number of amides is 1. The van der Waals surface area contributed by atoms with Gasteiger partial charge in [-0.05, 0) is 19.1 Å². The second-order valence-corrected chi connectivity index (χ2v) is 9.79. The van der Waals surface area contributed by atoms with Crippen LogP contribution in [0.5, 0.6) is 0 Å². The first-order valence-electron chi connectivity index (χ1n) is 11.7. The monoisotopic (exact) mass is 467 g/mol. The average Bonchev–Trinajstić information content (AvgIpc) is 3.54. The van der Waals surface area contributed by atoms with Crippen LogP contribution in [-0.4, -0.2) is 33.2 Å². The molecule has 0 spiro atoms. The van der Waals surface area contributed by atoms with Crippen LogP contribution in [0.3, 0.4) is 0 Å². The summed E-state index contributed by atoms with van der Waals surface area (Å²) in [5.41, 5.74) is 3.59.